The molecule has 0 fully saturated rings. The smallest absolute Gasteiger partial charge is 0.349 e. The van der Waals surface area contributed by atoms with E-state index in [1.165, 1.54) is 29.8 Å². The summed E-state index contributed by atoms with van der Waals surface area (Å²) in [5, 5.41) is 0. The Bertz CT molecular complexity index is 588. The Morgan fingerprint density at radius 3 is 2.14 bits per heavy atom. The van der Waals surface area contributed by atoms with Gasteiger partial charge in [-0.3, -0.25) is 0 Å². The van der Waals surface area contributed by atoms with Gasteiger partial charge in [0, 0.05) is 0 Å². The Balaban J connectivity index is 1.84. The highest BCUT2D eigenvalue weighted by Gasteiger charge is 2.07. The minimum Gasteiger partial charge on any atom is -0.482 e. The minimum atomic E-state index is -0.533. The van der Waals surface area contributed by atoms with E-state index in [1.807, 2.05) is 24.3 Å². The Labute approximate surface area is 123 Å². The molecule has 0 saturated heterocycles. The molecule has 0 aliphatic heterocycles. The zero-order valence-corrected chi connectivity index (χ0v) is 12.0. The van der Waals surface area contributed by atoms with Gasteiger partial charge in [-0.05, 0) is 47.9 Å². The quantitative estimate of drug-likeness (QED) is 0.617. The van der Waals surface area contributed by atoms with E-state index in [9.17, 15) is 9.18 Å². The van der Waals surface area contributed by atoms with E-state index in [-0.39, 0.29) is 12.4 Å². The fourth-order valence-electron chi connectivity index (χ4n) is 1.75. The molecule has 0 aliphatic carbocycles. The van der Waals surface area contributed by atoms with Crippen molar-refractivity contribution in [3.8, 4) is 11.5 Å². The number of esters is 1. The van der Waals surface area contributed by atoms with E-state index in [4.69, 9.17) is 9.47 Å². The third kappa shape index (κ3) is 4.60. The zero-order chi connectivity index (χ0) is 15.2. The molecule has 0 amide bonds. The Morgan fingerprint density at radius 1 is 1.00 bits per heavy atom. The topological polar surface area (TPSA) is 35.5 Å². The van der Waals surface area contributed by atoms with Gasteiger partial charge in [0.25, 0.3) is 0 Å². The molecule has 0 aliphatic rings. The van der Waals surface area contributed by atoms with Crippen LogP contribution >= 0.6 is 0 Å². The monoisotopic (exact) mass is 288 g/mol. The Morgan fingerprint density at radius 2 is 1.57 bits per heavy atom. The molecule has 0 unspecified atom stereocenters. The maximum absolute atomic E-state index is 12.7. The van der Waals surface area contributed by atoms with Crippen molar-refractivity contribution in [2.24, 2.45) is 0 Å². The number of hydrogen-bond donors (Lipinski definition) is 0. The molecule has 2 aromatic carbocycles. The lowest BCUT2D eigenvalue weighted by molar-refractivity contribution is -0.136. The van der Waals surface area contributed by atoms with Crippen LogP contribution in [-0.2, 0) is 4.79 Å². The second-order valence-corrected chi connectivity index (χ2v) is 4.94. The molecule has 2 aromatic rings. The van der Waals surface area contributed by atoms with Crippen molar-refractivity contribution < 1.29 is 18.7 Å². The second-order valence-electron chi connectivity index (χ2n) is 4.94. The number of carbonyl (C=O) groups is 1. The van der Waals surface area contributed by atoms with Crippen LogP contribution in [0.15, 0.2) is 48.5 Å². The molecule has 0 atom stereocenters. The van der Waals surface area contributed by atoms with Gasteiger partial charge in [-0.1, -0.05) is 26.0 Å². The molecule has 4 heteroatoms. The van der Waals surface area contributed by atoms with Crippen LogP contribution in [0.2, 0.25) is 0 Å². The maximum Gasteiger partial charge on any atom is 0.349 e. The Kier molecular flexibility index (Phi) is 4.93. The summed E-state index contributed by atoms with van der Waals surface area (Å²) in [6.45, 7) is 4.02. The van der Waals surface area contributed by atoms with Gasteiger partial charge in [0.1, 0.15) is 17.3 Å². The molecule has 21 heavy (non-hydrogen) atoms. The van der Waals surface area contributed by atoms with Gasteiger partial charge < -0.3 is 9.47 Å². The number of halogens is 1. The van der Waals surface area contributed by atoms with Crippen molar-refractivity contribution in [1.82, 2.24) is 0 Å². The summed E-state index contributed by atoms with van der Waals surface area (Å²) in [4.78, 5) is 11.6. The van der Waals surface area contributed by atoms with Crippen molar-refractivity contribution in [3.63, 3.8) is 0 Å². The molecule has 2 rings (SSSR count). The lowest BCUT2D eigenvalue weighted by atomic mass is 10.0. The standard InChI is InChI=1S/C17H17FO3/c1-12(2)13-3-7-15(8-4-13)20-11-17(19)21-16-9-5-14(18)6-10-16/h3-10,12H,11H2,1-2H3. The third-order valence-electron chi connectivity index (χ3n) is 2.95. The molecular weight excluding hydrogens is 271 g/mol. The van der Waals surface area contributed by atoms with E-state index >= 15 is 0 Å². The van der Waals surface area contributed by atoms with Crippen molar-refractivity contribution in [3.05, 3.63) is 59.9 Å². The van der Waals surface area contributed by atoms with Gasteiger partial charge in [-0.2, -0.15) is 0 Å². The van der Waals surface area contributed by atoms with E-state index < -0.39 is 5.97 Å². The number of ether oxygens (including phenoxy) is 2. The average molecular weight is 288 g/mol. The predicted molar refractivity (Wildman–Crippen MR) is 78.1 cm³/mol. The number of rotatable bonds is 5. The van der Waals surface area contributed by atoms with Crippen molar-refractivity contribution >= 4 is 5.97 Å². The first-order chi connectivity index (χ1) is 10.0. The molecule has 0 spiro atoms. The summed E-state index contributed by atoms with van der Waals surface area (Å²) in [6, 6.07) is 12.8. The average Bonchev–Trinajstić information content (AvgIpc) is 2.48. The highest BCUT2D eigenvalue weighted by atomic mass is 19.1. The highest BCUT2D eigenvalue weighted by Crippen LogP contribution is 2.18. The van der Waals surface area contributed by atoms with Crippen molar-refractivity contribution in [2.45, 2.75) is 19.8 Å². The van der Waals surface area contributed by atoms with Gasteiger partial charge >= 0.3 is 5.97 Å². The lowest BCUT2D eigenvalue weighted by Gasteiger charge is -2.09. The Hall–Kier alpha value is -2.36. The first kappa shape index (κ1) is 15.0. The molecule has 0 heterocycles. The van der Waals surface area contributed by atoms with Crippen LogP contribution in [0.1, 0.15) is 25.3 Å². The minimum absolute atomic E-state index is 0.196. The van der Waals surface area contributed by atoms with Crippen LogP contribution in [0.4, 0.5) is 4.39 Å². The number of carbonyl (C=O) groups excluding carboxylic acids is 1. The first-order valence-electron chi connectivity index (χ1n) is 6.73. The van der Waals surface area contributed by atoms with E-state index in [0.29, 0.717) is 17.4 Å². The molecule has 110 valence electrons. The maximum atomic E-state index is 12.7. The summed E-state index contributed by atoms with van der Waals surface area (Å²) in [5.74, 6) is 0.434. The molecule has 0 aromatic heterocycles. The SMILES string of the molecule is CC(C)c1ccc(OCC(=O)Oc2ccc(F)cc2)cc1. The fraction of sp³-hybridized carbons (Fsp3) is 0.235. The lowest BCUT2D eigenvalue weighted by Crippen LogP contribution is -2.17. The molecule has 0 N–H and O–H groups in total. The van der Waals surface area contributed by atoms with Gasteiger partial charge in [0.2, 0.25) is 0 Å². The van der Waals surface area contributed by atoms with E-state index in [1.54, 1.807) is 0 Å². The summed E-state index contributed by atoms with van der Waals surface area (Å²) < 4.78 is 23.1. The van der Waals surface area contributed by atoms with Crippen LogP contribution in [0, 0.1) is 5.82 Å². The third-order valence-corrected chi connectivity index (χ3v) is 2.95. The summed E-state index contributed by atoms with van der Waals surface area (Å²) in [7, 11) is 0. The largest absolute Gasteiger partial charge is 0.482 e. The molecule has 0 saturated carbocycles. The van der Waals surface area contributed by atoms with Crippen LogP contribution in [-0.4, -0.2) is 12.6 Å². The van der Waals surface area contributed by atoms with Crippen LogP contribution < -0.4 is 9.47 Å². The fourth-order valence-corrected chi connectivity index (χ4v) is 1.75. The highest BCUT2D eigenvalue weighted by molar-refractivity contribution is 5.73. The van der Waals surface area contributed by atoms with E-state index in [2.05, 4.69) is 13.8 Å². The van der Waals surface area contributed by atoms with Crippen LogP contribution in [0.25, 0.3) is 0 Å². The number of benzene rings is 2. The van der Waals surface area contributed by atoms with Gasteiger partial charge in [-0.25, -0.2) is 9.18 Å². The number of hydrogen-bond acceptors (Lipinski definition) is 3. The van der Waals surface area contributed by atoms with Crippen LogP contribution in [0.3, 0.4) is 0 Å². The van der Waals surface area contributed by atoms with Crippen molar-refractivity contribution in [1.29, 1.82) is 0 Å². The van der Waals surface area contributed by atoms with E-state index in [0.717, 1.165) is 0 Å². The summed E-state index contributed by atoms with van der Waals surface area (Å²) >= 11 is 0. The molecule has 3 nitrogen and oxygen atoms in total. The van der Waals surface area contributed by atoms with Crippen LogP contribution in [0.5, 0.6) is 11.5 Å². The molecule has 0 radical (unpaired) electrons. The second kappa shape index (κ2) is 6.88. The van der Waals surface area contributed by atoms with Crippen molar-refractivity contribution in [2.75, 3.05) is 6.61 Å². The van der Waals surface area contributed by atoms with Gasteiger partial charge in [0.05, 0.1) is 0 Å². The predicted octanol–water partition coefficient (Wildman–Crippen LogP) is 3.93. The first-order valence-corrected chi connectivity index (χ1v) is 6.73. The zero-order valence-electron chi connectivity index (χ0n) is 12.0. The molecular formula is C17H17FO3. The molecule has 0 bridgehead atoms. The summed E-state index contributed by atoms with van der Waals surface area (Å²) in [6.07, 6.45) is 0. The van der Waals surface area contributed by atoms with Gasteiger partial charge in [0.15, 0.2) is 6.61 Å². The van der Waals surface area contributed by atoms with Gasteiger partial charge in [-0.15, -0.1) is 0 Å². The summed E-state index contributed by atoms with van der Waals surface area (Å²) in [5.41, 5.74) is 1.20. The normalized spacial score (nSPS) is 10.5.